The van der Waals surface area contributed by atoms with Crippen molar-refractivity contribution in [3.63, 3.8) is 0 Å². The zero-order valence-electron chi connectivity index (χ0n) is 18.2. The number of nitrogens with one attached hydrogen (secondary N) is 1. The van der Waals surface area contributed by atoms with Gasteiger partial charge in [-0.25, -0.2) is 4.79 Å². The second-order valence-electron chi connectivity index (χ2n) is 6.94. The maximum Gasteiger partial charge on any atom is 0.338 e. The standard InChI is InChI=1S/C23H25N3O6/c1-4-6-20-25-22(32-26-20)15(2)31-23(28)16-9-11-18(12-10-16)30-14-21(27)24-17-7-5-8-19(13-17)29-3/h5,7-13,15H,4,6,14H2,1-3H3,(H,24,27). The largest absolute Gasteiger partial charge is 0.497 e. The van der Waals surface area contributed by atoms with E-state index in [-0.39, 0.29) is 18.4 Å². The van der Waals surface area contributed by atoms with Gasteiger partial charge >= 0.3 is 5.97 Å². The van der Waals surface area contributed by atoms with Gasteiger partial charge in [0.15, 0.2) is 18.5 Å². The van der Waals surface area contributed by atoms with Crippen LogP contribution in [0, 0.1) is 0 Å². The molecule has 3 rings (SSSR count). The first-order valence-electron chi connectivity index (χ1n) is 10.2. The van der Waals surface area contributed by atoms with Crippen LogP contribution in [-0.2, 0) is 16.0 Å². The van der Waals surface area contributed by atoms with Crippen LogP contribution < -0.4 is 14.8 Å². The molecule has 3 aromatic rings. The maximum absolute atomic E-state index is 12.4. The maximum atomic E-state index is 12.4. The molecule has 1 heterocycles. The molecule has 1 aromatic heterocycles. The van der Waals surface area contributed by atoms with E-state index in [1.165, 1.54) is 0 Å². The van der Waals surface area contributed by atoms with E-state index in [4.69, 9.17) is 18.7 Å². The van der Waals surface area contributed by atoms with Gasteiger partial charge in [0.05, 0.1) is 12.7 Å². The summed E-state index contributed by atoms with van der Waals surface area (Å²) in [5, 5.41) is 6.58. The minimum Gasteiger partial charge on any atom is -0.497 e. The number of amides is 1. The number of methoxy groups -OCH3 is 1. The molecule has 0 fully saturated rings. The van der Waals surface area contributed by atoms with Crippen molar-refractivity contribution in [1.82, 2.24) is 10.1 Å². The molecule has 0 aliphatic carbocycles. The van der Waals surface area contributed by atoms with E-state index in [2.05, 4.69) is 15.5 Å². The lowest BCUT2D eigenvalue weighted by Crippen LogP contribution is -2.20. The fraction of sp³-hybridized carbons (Fsp3) is 0.304. The Morgan fingerprint density at radius 1 is 1.12 bits per heavy atom. The summed E-state index contributed by atoms with van der Waals surface area (Å²) in [7, 11) is 1.55. The topological polar surface area (TPSA) is 113 Å². The zero-order chi connectivity index (χ0) is 22.9. The molecule has 1 N–H and O–H groups in total. The van der Waals surface area contributed by atoms with Crippen molar-refractivity contribution >= 4 is 17.6 Å². The van der Waals surface area contributed by atoms with E-state index in [9.17, 15) is 9.59 Å². The number of anilines is 1. The van der Waals surface area contributed by atoms with Gasteiger partial charge in [0.1, 0.15) is 11.5 Å². The highest BCUT2D eigenvalue weighted by Gasteiger charge is 2.19. The van der Waals surface area contributed by atoms with E-state index in [0.717, 1.165) is 6.42 Å². The number of carbonyl (C=O) groups excluding carboxylic acids is 2. The monoisotopic (exact) mass is 439 g/mol. The first-order chi connectivity index (χ1) is 15.5. The molecular formula is C23H25N3O6. The Morgan fingerprint density at radius 3 is 2.62 bits per heavy atom. The highest BCUT2D eigenvalue weighted by molar-refractivity contribution is 5.92. The first kappa shape index (κ1) is 22.8. The Morgan fingerprint density at radius 2 is 1.91 bits per heavy atom. The number of benzene rings is 2. The second-order valence-corrected chi connectivity index (χ2v) is 6.94. The van der Waals surface area contributed by atoms with Crippen molar-refractivity contribution in [2.24, 2.45) is 0 Å². The molecule has 0 saturated heterocycles. The molecule has 9 heteroatoms. The molecule has 0 radical (unpaired) electrons. The predicted molar refractivity (Wildman–Crippen MR) is 116 cm³/mol. The second kappa shape index (κ2) is 10.9. The van der Waals surface area contributed by atoms with Crippen molar-refractivity contribution in [1.29, 1.82) is 0 Å². The number of ether oxygens (including phenoxy) is 3. The SMILES string of the molecule is CCCc1noc(C(C)OC(=O)c2ccc(OCC(=O)Nc3cccc(OC)c3)cc2)n1. The van der Waals surface area contributed by atoms with Crippen molar-refractivity contribution in [2.45, 2.75) is 32.8 Å². The first-order valence-corrected chi connectivity index (χ1v) is 10.2. The van der Waals surface area contributed by atoms with Crippen molar-refractivity contribution in [3.05, 3.63) is 65.8 Å². The number of hydrogen-bond acceptors (Lipinski definition) is 8. The number of aromatic nitrogens is 2. The van der Waals surface area contributed by atoms with Crippen LogP contribution in [0.2, 0.25) is 0 Å². The summed E-state index contributed by atoms with van der Waals surface area (Å²) < 4.78 is 21.1. The van der Waals surface area contributed by atoms with E-state index in [0.29, 0.717) is 35.0 Å². The summed E-state index contributed by atoms with van der Waals surface area (Å²) in [5.74, 6) is 1.07. The Kier molecular flexibility index (Phi) is 7.80. The third-order valence-corrected chi connectivity index (χ3v) is 4.40. The molecule has 1 unspecified atom stereocenters. The van der Waals surface area contributed by atoms with Crippen LogP contribution >= 0.6 is 0 Å². The molecular weight excluding hydrogens is 414 g/mol. The summed E-state index contributed by atoms with van der Waals surface area (Å²) in [6.45, 7) is 3.49. The lowest BCUT2D eigenvalue weighted by atomic mass is 10.2. The van der Waals surface area contributed by atoms with Gasteiger partial charge < -0.3 is 24.1 Å². The van der Waals surface area contributed by atoms with Crippen molar-refractivity contribution < 1.29 is 28.3 Å². The summed E-state index contributed by atoms with van der Waals surface area (Å²) in [6, 6.07) is 13.3. The van der Waals surface area contributed by atoms with Crippen molar-refractivity contribution in [3.8, 4) is 11.5 Å². The van der Waals surface area contributed by atoms with Crippen molar-refractivity contribution in [2.75, 3.05) is 19.0 Å². The number of rotatable bonds is 10. The van der Waals surface area contributed by atoms with Crippen LogP contribution in [0.3, 0.4) is 0 Å². The lowest BCUT2D eigenvalue weighted by Gasteiger charge is -2.10. The molecule has 32 heavy (non-hydrogen) atoms. The van der Waals surface area contributed by atoms with Crippen LogP contribution in [0.1, 0.15) is 48.4 Å². The van der Waals surface area contributed by atoms with Gasteiger partial charge in [-0.05, 0) is 49.7 Å². The van der Waals surface area contributed by atoms with Gasteiger partial charge in [0.25, 0.3) is 11.8 Å². The molecule has 0 aliphatic heterocycles. The minimum atomic E-state index is -0.670. The van der Waals surface area contributed by atoms with Gasteiger partial charge in [-0.15, -0.1) is 0 Å². The Bertz CT molecular complexity index is 1050. The lowest BCUT2D eigenvalue weighted by molar-refractivity contribution is -0.118. The van der Waals surface area contributed by atoms with E-state index in [1.54, 1.807) is 62.6 Å². The summed E-state index contributed by atoms with van der Waals surface area (Å²) >= 11 is 0. The van der Waals surface area contributed by atoms with E-state index < -0.39 is 12.1 Å². The van der Waals surface area contributed by atoms with Gasteiger partial charge in [0.2, 0.25) is 0 Å². The Hall–Kier alpha value is -3.88. The summed E-state index contributed by atoms with van der Waals surface area (Å²) in [6.07, 6.45) is 0.921. The number of hydrogen-bond donors (Lipinski definition) is 1. The minimum absolute atomic E-state index is 0.185. The van der Waals surface area contributed by atoms with Crippen LogP contribution in [0.5, 0.6) is 11.5 Å². The predicted octanol–water partition coefficient (Wildman–Crippen LogP) is 3.97. The molecule has 2 aromatic carbocycles. The summed E-state index contributed by atoms with van der Waals surface area (Å²) in [5.41, 5.74) is 0.937. The van der Waals surface area contributed by atoms with Gasteiger partial charge in [0, 0.05) is 18.2 Å². The molecule has 0 spiro atoms. The van der Waals surface area contributed by atoms with Crippen LogP contribution in [0.25, 0.3) is 0 Å². The zero-order valence-corrected chi connectivity index (χ0v) is 18.2. The quantitative estimate of drug-likeness (QED) is 0.472. The number of aryl methyl sites for hydroxylation is 1. The fourth-order valence-corrected chi connectivity index (χ4v) is 2.77. The fourth-order valence-electron chi connectivity index (χ4n) is 2.77. The third kappa shape index (κ3) is 6.31. The van der Waals surface area contributed by atoms with E-state index in [1.807, 2.05) is 6.92 Å². The smallest absolute Gasteiger partial charge is 0.338 e. The molecule has 168 valence electrons. The summed E-state index contributed by atoms with van der Waals surface area (Å²) in [4.78, 5) is 28.7. The van der Waals surface area contributed by atoms with Crippen LogP contribution in [-0.4, -0.2) is 35.7 Å². The number of esters is 1. The molecule has 9 nitrogen and oxygen atoms in total. The van der Waals surface area contributed by atoms with Crippen LogP contribution in [0.4, 0.5) is 5.69 Å². The van der Waals surface area contributed by atoms with Gasteiger partial charge in [-0.3, -0.25) is 4.79 Å². The average molecular weight is 439 g/mol. The molecule has 1 atom stereocenters. The Labute approximate surface area is 185 Å². The molecule has 0 aliphatic rings. The highest BCUT2D eigenvalue weighted by Crippen LogP contribution is 2.20. The highest BCUT2D eigenvalue weighted by atomic mass is 16.6. The molecule has 0 saturated carbocycles. The molecule has 1 amide bonds. The third-order valence-electron chi connectivity index (χ3n) is 4.40. The normalized spacial score (nSPS) is 11.5. The number of nitrogens with zero attached hydrogens (tertiary/aromatic N) is 2. The average Bonchev–Trinajstić information content (AvgIpc) is 3.27. The number of carbonyl (C=O) groups is 2. The van der Waals surface area contributed by atoms with Gasteiger partial charge in [-0.1, -0.05) is 18.1 Å². The molecule has 0 bridgehead atoms. The van der Waals surface area contributed by atoms with E-state index >= 15 is 0 Å². The van der Waals surface area contributed by atoms with Crippen LogP contribution in [0.15, 0.2) is 53.1 Å². The van der Waals surface area contributed by atoms with Gasteiger partial charge in [-0.2, -0.15) is 4.98 Å². The Balaban J connectivity index is 1.49.